The molecule has 0 fully saturated rings. The molecule has 0 rings (SSSR count). The fourth-order valence-electron chi connectivity index (χ4n) is 4.10. The SMILES string of the molecule is CCCCCCCCCC(CCCCCC)C(CCCCCC)C(=O)O. The van der Waals surface area contributed by atoms with E-state index in [1.807, 2.05) is 0 Å². The highest BCUT2D eigenvalue weighted by Crippen LogP contribution is 2.30. The molecule has 0 bridgehead atoms. The van der Waals surface area contributed by atoms with Gasteiger partial charge >= 0.3 is 5.97 Å². The number of hydrogen-bond acceptors (Lipinski definition) is 1. The predicted octanol–water partition coefficient (Wildman–Crippen LogP) is 8.38. The van der Waals surface area contributed by atoms with Crippen molar-refractivity contribution in [1.82, 2.24) is 0 Å². The first-order valence-corrected chi connectivity index (χ1v) is 11.9. The van der Waals surface area contributed by atoms with Gasteiger partial charge in [0, 0.05) is 0 Å². The van der Waals surface area contributed by atoms with Gasteiger partial charge in [0.2, 0.25) is 0 Å². The van der Waals surface area contributed by atoms with E-state index in [1.54, 1.807) is 0 Å². The van der Waals surface area contributed by atoms with Gasteiger partial charge in [0.05, 0.1) is 5.92 Å². The maximum absolute atomic E-state index is 11.9. The second kappa shape index (κ2) is 19.2. The lowest BCUT2D eigenvalue weighted by Gasteiger charge is -2.24. The van der Waals surface area contributed by atoms with Crippen LogP contribution < -0.4 is 0 Å². The van der Waals surface area contributed by atoms with Crippen LogP contribution in [-0.4, -0.2) is 11.1 Å². The zero-order valence-corrected chi connectivity index (χ0v) is 18.2. The summed E-state index contributed by atoms with van der Waals surface area (Å²) in [6.07, 6.45) is 22.2. The molecule has 0 saturated carbocycles. The van der Waals surface area contributed by atoms with Crippen LogP contribution in [0.1, 0.15) is 136 Å². The minimum Gasteiger partial charge on any atom is -0.481 e. The van der Waals surface area contributed by atoms with Crippen LogP contribution in [0.5, 0.6) is 0 Å². The minimum atomic E-state index is -0.537. The maximum Gasteiger partial charge on any atom is 0.306 e. The summed E-state index contributed by atoms with van der Waals surface area (Å²) in [4.78, 5) is 11.9. The van der Waals surface area contributed by atoms with Gasteiger partial charge in [-0.2, -0.15) is 0 Å². The van der Waals surface area contributed by atoms with Crippen LogP contribution in [0.3, 0.4) is 0 Å². The fraction of sp³-hybridized carbons (Fsp3) is 0.958. The first kappa shape index (κ1) is 25.5. The summed E-state index contributed by atoms with van der Waals surface area (Å²) in [5, 5.41) is 9.80. The van der Waals surface area contributed by atoms with Crippen LogP contribution in [0.15, 0.2) is 0 Å². The van der Waals surface area contributed by atoms with Crippen molar-refractivity contribution in [2.24, 2.45) is 11.8 Å². The van der Waals surface area contributed by atoms with E-state index in [0.29, 0.717) is 5.92 Å². The van der Waals surface area contributed by atoms with Gasteiger partial charge in [-0.1, -0.05) is 117 Å². The molecular formula is C24H48O2. The van der Waals surface area contributed by atoms with E-state index in [9.17, 15) is 9.90 Å². The van der Waals surface area contributed by atoms with Gasteiger partial charge < -0.3 is 5.11 Å². The van der Waals surface area contributed by atoms with E-state index >= 15 is 0 Å². The quantitative estimate of drug-likeness (QED) is 0.219. The molecule has 0 radical (unpaired) electrons. The van der Waals surface area contributed by atoms with Crippen molar-refractivity contribution in [3.05, 3.63) is 0 Å². The molecule has 0 aliphatic heterocycles. The number of hydrogen-bond donors (Lipinski definition) is 1. The Labute approximate surface area is 164 Å². The fourth-order valence-corrected chi connectivity index (χ4v) is 4.10. The van der Waals surface area contributed by atoms with Gasteiger partial charge in [-0.05, 0) is 25.2 Å². The van der Waals surface area contributed by atoms with Gasteiger partial charge in [0.15, 0.2) is 0 Å². The van der Waals surface area contributed by atoms with Crippen LogP contribution in [0.25, 0.3) is 0 Å². The normalized spacial score (nSPS) is 13.7. The van der Waals surface area contributed by atoms with E-state index in [0.717, 1.165) is 25.7 Å². The highest BCUT2D eigenvalue weighted by molar-refractivity contribution is 5.70. The van der Waals surface area contributed by atoms with Crippen molar-refractivity contribution in [3.8, 4) is 0 Å². The molecule has 0 aliphatic carbocycles. The Kier molecular flexibility index (Phi) is 18.8. The first-order valence-electron chi connectivity index (χ1n) is 11.9. The van der Waals surface area contributed by atoms with E-state index in [2.05, 4.69) is 20.8 Å². The summed E-state index contributed by atoms with van der Waals surface area (Å²) in [7, 11) is 0. The monoisotopic (exact) mass is 368 g/mol. The number of carboxylic acid groups (broad SMARTS) is 1. The molecule has 2 nitrogen and oxygen atoms in total. The smallest absolute Gasteiger partial charge is 0.306 e. The average molecular weight is 369 g/mol. The van der Waals surface area contributed by atoms with Crippen LogP contribution >= 0.6 is 0 Å². The Morgan fingerprint density at radius 3 is 1.35 bits per heavy atom. The molecule has 0 aliphatic rings. The molecule has 0 heterocycles. The lowest BCUT2D eigenvalue weighted by atomic mass is 9.80. The summed E-state index contributed by atoms with van der Waals surface area (Å²) in [6.45, 7) is 6.71. The lowest BCUT2D eigenvalue weighted by molar-refractivity contribution is -0.144. The molecule has 0 aromatic rings. The Balaban J connectivity index is 4.34. The van der Waals surface area contributed by atoms with Crippen molar-refractivity contribution in [3.63, 3.8) is 0 Å². The molecule has 0 spiro atoms. The van der Waals surface area contributed by atoms with Gasteiger partial charge in [-0.25, -0.2) is 0 Å². The minimum absolute atomic E-state index is 0.103. The summed E-state index contributed by atoms with van der Waals surface area (Å²) < 4.78 is 0. The highest BCUT2D eigenvalue weighted by Gasteiger charge is 2.26. The molecule has 2 unspecified atom stereocenters. The molecule has 1 N–H and O–H groups in total. The molecular weight excluding hydrogens is 320 g/mol. The summed E-state index contributed by atoms with van der Waals surface area (Å²) in [5.74, 6) is -0.236. The van der Waals surface area contributed by atoms with E-state index < -0.39 is 5.97 Å². The second-order valence-corrected chi connectivity index (χ2v) is 8.31. The third-order valence-corrected chi connectivity index (χ3v) is 5.86. The number of unbranched alkanes of at least 4 members (excludes halogenated alkanes) is 12. The first-order chi connectivity index (χ1) is 12.7. The summed E-state index contributed by atoms with van der Waals surface area (Å²) >= 11 is 0. The zero-order valence-electron chi connectivity index (χ0n) is 18.2. The van der Waals surface area contributed by atoms with Crippen LogP contribution in [-0.2, 0) is 4.79 Å². The molecule has 0 aromatic carbocycles. The Bertz CT molecular complexity index is 301. The van der Waals surface area contributed by atoms with Crippen molar-refractivity contribution in [2.75, 3.05) is 0 Å². The number of aliphatic carboxylic acids is 1. The third-order valence-electron chi connectivity index (χ3n) is 5.86. The van der Waals surface area contributed by atoms with Gasteiger partial charge in [-0.3, -0.25) is 4.79 Å². The van der Waals surface area contributed by atoms with Gasteiger partial charge in [-0.15, -0.1) is 0 Å². The van der Waals surface area contributed by atoms with E-state index in [4.69, 9.17) is 0 Å². The molecule has 26 heavy (non-hydrogen) atoms. The number of carbonyl (C=O) groups is 1. The van der Waals surface area contributed by atoms with Crippen molar-refractivity contribution in [1.29, 1.82) is 0 Å². The second-order valence-electron chi connectivity index (χ2n) is 8.31. The van der Waals surface area contributed by atoms with Crippen molar-refractivity contribution < 1.29 is 9.90 Å². The van der Waals surface area contributed by atoms with Crippen molar-refractivity contribution >= 4 is 5.97 Å². The third kappa shape index (κ3) is 14.6. The number of rotatable bonds is 20. The highest BCUT2D eigenvalue weighted by atomic mass is 16.4. The van der Waals surface area contributed by atoms with E-state index in [1.165, 1.54) is 89.9 Å². The van der Waals surface area contributed by atoms with Crippen LogP contribution in [0, 0.1) is 11.8 Å². The van der Waals surface area contributed by atoms with Crippen LogP contribution in [0.2, 0.25) is 0 Å². The van der Waals surface area contributed by atoms with Crippen LogP contribution in [0.4, 0.5) is 0 Å². The Hall–Kier alpha value is -0.530. The molecule has 0 aromatic heterocycles. The summed E-state index contributed by atoms with van der Waals surface area (Å²) in [5.41, 5.74) is 0. The molecule has 156 valence electrons. The Morgan fingerprint density at radius 2 is 0.923 bits per heavy atom. The van der Waals surface area contributed by atoms with E-state index in [-0.39, 0.29) is 5.92 Å². The van der Waals surface area contributed by atoms with Gasteiger partial charge in [0.1, 0.15) is 0 Å². The molecule has 2 heteroatoms. The lowest BCUT2D eigenvalue weighted by Crippen LogP contribution is -2.24. The Morgan fingerprint density at radius 1 is 0.577 bits per heavy atom. The number of carboxylic acids is 1. The maximum atomic E-state index is 11.9. The standard InChI is InChI=1S/C24H48O2/c1-4-7-10-13-14-15-17-20-22(19-16-11-8-5-2)23(24(25)26)21-18-12-9-6-3/h22-23H,4-21H2,1-3H3,(H,25,26). The zero-order chi connectivity index (χ0) is 19.5. The van der Waals surface area contributed by atoms with Crippen molar-refractivity contribution in [2.45, 2.75) is 136 Å². The molecule has 2 atom stereocenters. The molecule has 0 amide bonds. The topological polar surface area (TPSA) is 37.3 Å². The van der Waals surface area contributed by atoms with Gasteiger partial charge in [0.25, 0.3) is 0 Å². The average Bonchev–Trinajstić information content (AvgIpc) is 2.63. The molecule has 0 saturated heterocycles. The predicted molar refractivity (Wildman–Crippen MR) is 115 cm³/mol. The summed E-state index contributed by atoms with van der Waals surface area (Å²) in [6, 6.07) is 0. The largest absolute Gasteiger partial charge is 0.481 e.